The number of halogens is 1. The summed E-state index contributed by atoms with van der Waals surface area (Å²) in [5, 5.41) is 3.61. The second-order valence-corrected chi connectivity index (χ2v) is 5.83. The molecule has 0 radical (unpaired) electrons. The first-order valence-electron chi connectivity index (χ1n) is 7.76. The lowest BCUT2D eigenvalue weighted by molar-refractivity contribution is 0.381. The van der Waals surface area contributed by atoms with Crippen LogP contribution in [0.4, 0.5) is 4.39 Å². The predicted molar refractivity (Wildman–Crippen MR) is 78.8 cm³/mol. The topological polar surface area (TPSA) is 12.0 Å². The van der Waals surface area contributed by atoms with Gasteiger partial charge in [0, 0.05) is 6.04 Å². The molecule has 0 heterocycles. The molecule has 0 saturated heterocycles. The number of benzene rings is 1. The highest BCUT2D eigenvalue weighted by Crippen LogP contribution is 2.29. The predicted octanol–water partition coefficient (Wildman–Crippen LogP) is 4.32. The van der Waals surface area contributed by atoms with Crippen LogP contribution in [0.25, 0.3) is 0 Å². The van der Waals surface area contributed by atoms with E-state index in [0.717, 1.165) is 30.9 Å². The SMILES string of the molecule is CCCNC(Cc1ccccc1F)CC1CCCC1. The molecule has 2 rings (SSSR count). The van der Waals surface area contributed by atoms with Gasteiger partial charge in [0.25, 0.3) is 0 Å². The van der Waals surface area contributed by atoms with Gasteiger partial charge in [0.2, 0.25) is 0 Å². The van der Waals surface area contributed by atoms with Gasteiger partial charge in [0.1, 0.15) is 5.82 Å². The smallest absolute Gasteiger partial charge is 0.126 e. The molecule has 1 aliphatic rings. The molecule has 1 unspecified atom stereocenters. The van der Waals surface area contributed by atoms with Gasteiger partial charge in [-0.1, -0.05) is 50.8 Å². The largest absolute Gasteiger partial charge is 0.314 e. The van der Waals surface area contributed by atoms with E-state index in [4.69, 9.17) is 0 Å². The highest BCUT2D eigenvalue weighted by molar-refractivity contribution is 5.18. The van der Waals surface area contributed by atoms with E-state index in [1.165, 1.54) is 32.1 Å². The quantitative estimate of drug-likeness (QED) is 0.772. The van der Waals surface area contributed by atoms with Crippen LogP contribution in [0.5, 0.6) is 0 Å². The zero-order valence-electron chi connectivity index (χ0n) is 12.0. The van der Waals surface area contributed by atoms with E-state index < -0.39 is 0 Å². The van der Waals surface area contributed by atoms with Crippen molar-refractivity contribution in [3.8, 4) is 0 Å². The summed E-state index contributed by atoms with van der Waals surface area (Å²) in [6.45, 7) is 3.22. The van der Waals surface area contributed by atoms with Crippen LogP contribution >= 0.6 is 0 Å². The Kier molecular flexibility index (Phi) is 5.84. The van der Waals surface area contributed by atoms with Crippen LogP contribution in [-0.2, 0) is 6.42 Å². The minimum atomic E-state index is -0.0581. The van der Waals surface area contributed by atoms with Gasteiger partial charge < -0.3 is 5.32 Å². The van der Waals surface area contributed by atoms with Gasteiger partial charge in [-0.25, -0.2) is 4.39 Å². The summed E-state index contributed by atoms with van der Waals surface area (Å²) in [7, 11) is 0. The Morgan fingerprint density at radius 3 is 2.68 bits per heavy atom. The van der Waals surface area contributed by atoms with Crippen molar-refractivity contribution >= 4 is 0 Å². The van der Waals surface area contributed by atoms with Crippen molar-refractivity contribution < 1.29 is 4.39 Å². The van der Waals surface area contributed by atoms with Crippen LogP contribution in [0.3, 0.4) is 0 Å². The van der Waals surface area contributed by atoms with Gasteiger partial charge in [-0.15, -0.1) is 0 Å². The summed E-state index contributed by atoms with van der Waals surface area (Å²) in [5.41, 5.74) is 0.856. The van der Waals surface area contributed by atoms with Crippen molar-refractivity contribution in [1.29, 1.82) is 0 Å². The van der Waals surface area contributed by atoms with E-state index in [-0.39, 0.29) is 5.82 Å². The van der Waals surface area contributed by atoms with Crippen molar-refractivity contribution in [2.24, 2.45) is 5.92 Å². The first kappa shape index (κ1) is 14.5. The van der Waals surface area contributed by atoms with Crippen LogP contribution < -0.4 is 5.32 Å². The second-order valence-electron chi connectivity index (χ2n) is 5.83. The first-order valence-corrected chi connectivity index (χ1v) is 7.76. The Hall–Kier alpha value is -0.890. The zero-order valence-corrected chi connectivity index (χ0v) is 12.0. The molecule has 1 atom stereocenters. The van der Waals surface area contributed by atoms with Crippen molar-refractivity contribution in [2.75, 3.05) is 6.54 Å². The van der Waals surface area contributed by atoms with Crippen molar-refractivity contribution in [3.05, 3.63) is 35.6 Å². The van der Waals surface area contributed by atoms with E-state index >= 15 is 0 Å². The number of rotatable bonds is 7. The molecule has 19 heavy (non-hydrogen) atoms. The highest BCUT2D eigenvalue weighted by Gasteiger charge is 2.20. The molecule has 0 spiro atoms. The minimum absolute atomic E-state index is 0.0581. The molecule has 1 aliphatic carbocycles. The van der Waals surface area contributed by atoms with Gasteiger partial charge in [-0.05, 0) is 43.4 Å². The van der Waals surface area contributed by atoms with Crippen LogP contribution in [0.15, 0.2) is 24.3 Å². The minimum Gasteiger partial charge on any atom is -0.314 e. The van der Waals surface area contributed by atoms with E-state index in [1.54, 1.807) is 12.1 Å². The highest BCUT2D eigenvalue weighted by atomic mass is 19.1. The third-order valence-electron chi connectivity index (χ3n) is 4.20. The summed E-state index contributed by atoms with van der Waals surface area (Å²) >= 11 is 0. The summed E-state index contributed by atoms with van der Waals surface area (Å²) < 4.78 is 13.8. The van der Waals surface area contributed by atoms with Gasteiger partial charge in [-0.3, -0.25) is 0 Å². The summed E-state index contributed by atoms with van der Waals surface area (Å²) in [6, 6.07) is 7.63. The van der Waals surface area contributed by atoms with Gasteiger partial charge >= 0.3 is 0 Å². The average Bonchev–Trinajstić information content (AvgIpc) is 2.91. The Morgan fingerprint density at radius 1 is 1.26 bits per heavy atom. The average molecular weight is 263 g/mol. The normalized spacial score (nSPS) is 17.8. The Morgan fingerprint density at radius 2 is 2.00 bits per heavy atom. The molecule has 1 saturated carbocycles. The zero-order chi connectivity index (χ0) is 13.5. The van der Waals surface area contributed by atoms with Gasteiger partial charge in [0.05, 0.1) is 0 Å². The van der Waals surface area contributed by atoms with Crippen molar-refractivity contribution in [2.45, 2.75) is 57.9 Å². The third-order valence-corrected chi connectivity index (χ3v) is 4.20. The number of hydrogen-bond acceptors (Lipinski definition) is 1. The van der Waals surface area contributed by atoms with Crippen LogP contribution in [0.2, 0.25) is 0 Å². The first-order chi connectivity index (χ1) is 9.29. The second kappa shape index (κ2) is 7.64. The molecule has 1 nitrogen and oxygen atoms in total. The van der Waals surface area contributed by atoms with Gasteiger partial charge in [-0.2, -0.15) is 0 Å². The summed E-state index contributed by atoms with van der Waals surface area (Å²) in [4.78, 5) is 0. The lowest BCUT2D eigenvalue weighted by Crippen LogP contribution is -2.33. The Balaban J connectivity index is 1.94. The summed E-state index contributed by atoms with van der Waals surface area (Å²) in [5.74, 6) is 0.790. The fourth-order valence-electron chi connectivity index (χ4n) is 3.17. The van der Waals surface area contributed by atoms with E-state index in [9.17, 15) is 4.39 Å². The molecule has 106 valence electrons. The molecular formula is C17H26FN. The molecule has 1 aromatic carbocycles. The lowest BCUT2D eigenvalue weighted by Gasteiger charge is -2.22. The monoisotopic (exact) mass is 263 g/mol. The van der Waals surface area contributed by atoms with Crippen molar-refractivity contribution in [1.82, 2.24) is 5.32 Å². The maximum atomic E-state index is 13.8. The molecule has 1 N–H and O–H groups in total. The van der Waals surface area contributed by atoms with E-state index in [2.05, 4.69) is 12.2 Å². The van der Waals surface area contributed by atoms with E-state index in [0.29, 0.717) is 6.04 Å². The van der Waals surface area contributed by atoms with Gasteiger partial charge in [0.15, 0.2) is 0 Å². The maximum absolute atomic E-state index is 13.8. The molecule has 0 amide bonds. The van der Waals surface area contributed by atoms with Crippen LogP contribution in [0.1, 0.15) is 51.0 Å². The molecule has 0 aromatic heterocycles. The van der Waals surface area contributed by atoms with Crippen LogP contribution in [0, 0.1) is 11.7 Å². The molecular weight excluding hydrogens is 237 g/mol. The van der Waals surface area contributed by atoms with Crippen LogP contribution in [-0.4, -0.2) is 12.6 Å². The molecule has 1 aromatic rings. The molecule has 1 fully saturated rings. The maximum Gasteiger partial charge on any atom is 0.126 e. The fraction of sp³-hybridized carbons (Fsp3) is 0.647. The fourth-order valence-corrected chi connectivity index (χ4v) is 3.17. The van der Waals surface area contributed by atoms with Crippen molar-refractivity contribution in [3.63, 3.8) is 0 Å². The lowest BCUT2D eigenvalue weighted by atomic mass is 9.93. The number of nitrogens with one attached hydrogen (secondary N) is 1. The molecule has 2 heteroatoms. The molecule has 0 bridgehead atoms. The van der Waals surface area contributed by atoms with E-state index in [1.807, 2.05) is 12.1 Å². The third kappa shape index (κ3) is 4.61. The summed E-state index contributed by atoms with van der Waals surface area (Å²) in [6.07, 6.45) is 8.65. The Bertz CT molecular complexity index is 371. The molecule has 0 aliphatic heterocycles. The standard InChI is InChI=1S/C17H26FN/c1-2-11-19-16(12-14-7-3-4-8-14)13-15-9-5-6-10-17(15)18/h5-6,9-10,14,16,19H,2-4,7-8,11-13H2,1H3. The Labute approximate surface area is 116 Å². The number of hydrogen-bond donors (Lipinski definition) is 1.